The van der Waals surface area contributed by atoms with Crippen LogP contribution in [-0.4, -0.2) is 52.8 Å². The first-order valence-corrected chi connectivity index (χ1v) is 16.3. The van der Waals surface area contributed by atoms with Crippen LogP contribution in [0, 0.1) is 11.8 Å². The van der Waals surface area contributed by atoms with Gasteiger partial charge in [-0.3, -0.25) is 9.59 Å². The van der Waals surface area contributed by atoms with Crippen LogP contribution in [0.5, 0.6) is 0 Å². The summed E-state index contributed by atoms with van der Waals surface area (Å²) in [7, 11) is 0. The Balaban J connectivity index is 1.77. The SMILES string of the molecule is CCCN(C(=O)C[C@@H](C)CC)C(C[C@@H](OCC)c1nc(C(=O)N[C@H]2Cc3ccccc3[C@H](/C(N)=N/N)C2)cs1)C(C)C. The van der Waals surface area contributed by atoms with Gasteiger partial charge in [0.25, 0.3) is 5.91 Å². The monoisotopic (exact) mass is 598 g/mol. The number of fused-ring (bicyclic) bond motifs is 1. The number of aromatic nitrogens is 1. The third-order valence-electron chi connectivity index (χ3n) is 8.29. The highest BCUT2D eigenvalue weighted by Crippen LogP contribution is 2.33. The standard InChI is InChI=1S/C32H50N6O3S/c1-7-14-38(29(39)15-21(6)8-2)27(20(4)5)18-28(41-9-3)32-36-26(19-42-32)31(40)35-23-16-22-12-10-11-13-24(22)25(17-23)30(33)37-34/h10-13,19-21,23,25,27-28H,7-9,14-18,34H2,1-6H3,(H2,33,37)(H,35,40)/t21-,23-,25+,27?,28+/m0/s1. The second-order valence-electron chi connectivity index (χ2n) is 11.8. The molecule has 0 fully saturated rings. The summed E-state index contributed by atoms with van der Waals surface area (Å²) >= 11 is 1.43. The average molecular weight is 599 g/mol. The van der Waals surface area contributed by atoms with E-state index in [1.807, 2.05) is 25.1 Å². The first-order chi connectivity index (χ1) is 20.1. The van der Waals surface area contributed by atoms with E-state index in [2.05, 4.69) is 56.0 Å². The molecule has 42 heavy (non-hydrogen) atoms. The summed E-state index contributed by atoms with van der Waals surface area (Å²) in [6.07, 6.45) is 4.05. The molecule has 0 aliphatic heterocycles. The van der Waals surface area contributed by atoms with E-state index in [9.17, 15) is 9.59 Å². The molecule has 1 aromatic heterocycles. The lowest BCUT2D eigenvalue weighted by molar-refractivity contribution is -0.136. The molecule has 1 unspecified atom stereocenters. The van der Waals surface area contributed by atoms with Crippen LogP contribution in [0.1, 0.15) is 112 Å². The van der Waals surface area contributed by atoms with Crippen molar-refractivity contribution >= 4 is 29.0 Å². The van der Waals surface area contributed by atoms with Gasteiger partial charge >= 0.3 is 0 Å². The maximum Gasteiger partial charge on any atom is 0.270 e. The molecule has 5 atom stereocenters. The molecule has 0 saturated heterocycles. The van der Waals surface area contributed by atoms with Crippen molar-refractivity contribution in [1.82, 2.24) is 15.2 Å². The molecule has 0 radical (unpaired) electrons. The lowest BCUT2D eigenvalue weighted by Gasteiger charge is -2.37. The zero-order valence-electron chi connectivity index (χ0n) is 26.1. The van der Waals surface area contributed by atoms with Crippen molar-refractivity contribution < 1.29 is 14.3 Å². The van der Waals surface area contributed by atoms with E-state index in [0.717, 1.165) is 29.0 Å². The number of hydrazone groups is 1. The molecule has 0 spiro atoms. The van der Waals surface area contributed by atoms with E-state index < -0.39 is 0 Å². The first kappa shape index (κ1) is 33.5. The minimum absolute atomic E-state index is 0.00754. The largest absolute Gasteiger partial charge is 0.385 e. The summed E-state index contributed by atoms with van der Waals surface area (Å²) in [5.74, 6) is 6.29. The lowest BCUT2D eigenvalue weighted by atomic mass is 9.79. The maximum atomic E-state index is 13.4. The number of carbonyl (C=O) groups excluding carboxylic acids is 2. The van der Waals surface area contributed by atoms with Gasteiger partial charge in [0.1, 0.15) is 22.6 Å². The van der Waals surface area contributed by atoms with Crippen molar-refractivity contribution in [2.75, 3.05) is 13.2 Å². The van der Waals surface area contributed by atoms with Crippen LogP contribution in [0.15, 0.2) is 34.7 Å². The summed E-state index contributed by atoms with van der Waals surface area (Å²) in [6.45, 7) is 13.9. The quantitative estimate of drug-likeness (QED) is 0.109. The van der Waals surface area contributed by atoms with Gasteiger partial charge in [-0.05, 0) is 49.1 Å². The number of amides is 2. The molecule has 1 aliphatic carbocycles. The van der Waals surface area contributed by atoms with Crippen molar-refractivity contribution in [3.8, 4) is 0 Å². The smallest absolute Gasteiger partial charge is 0.270 e. The number of thiazole rings is 1. The van der Waals surface area contributed by atoms with E-state index in [1.54, 1.807) is 5.38 Å². The summed E-state index contributed by atoms with van der Waals surface area (Å²) in [6, 6.07) is 7.94. The number of nitrogens with one attached hydrogen (secondary N) is 1. The third-order valence-corrected chi connectivity index (χ3v) is 9.22. The summed E-state index contributed by atoms with van der Waals surface area (Å²) in [5.41, 5.74) is 8.74. The number of rotatable bonds is 15. The molecule has 0 saturated carbocycles. The molecular weight excluding hydrogens is 548 g/mol. The minimum atomic E-state index is -0.309. The lowest BCUT2D eigenvalue weighted by Crippen LogP contribution is -2.45. The van der Waals surface area contributed by atoms with E-state index in [1.165, 1.54) is 11.3 Å². The number of nitrogens with two attached hydrogens (primary N) is 2. The highest BCUT2D eigenvalue weighted by Gasteiger charge is 2.33. The Labute approximate surface area is 255 Å². The fourth-order valence-corrected chi connectivity index (χ4v) is 6.65. The number of amidine groups is 1. The number of hydrogen-bond donors (Lipinski definition) is 3. The van der Waals surface area contributed by atoms with Gasteiger partial charge in [0.15, 0.2) is 0 Å². The Hall–Kier alpha value is -2.98. The zero-order valence-corrected chi connectivity index (χ0v) is 27.0. The fraction of sp³-hybridized carbons (Fsp3) is 0.625. The van der Waals surface area contributed by atoms with Crippen molar-refractivity contribution in [3.63, 3.8) is 0 Å². The first-order valence-electron chi connectivity index (χ1n) is 15.4. The van der Waals surface area contributed by atoms with Crippen LogP contribution in [0.3, 0.4) is 0 Å². The number of hydrogen-bond acceptors (Lipinski definition) is 7. The Morgan fingerprint density at radius 2 is 1.95 bits per heavy atom. The highest BCUT2D eigenvalue weighted by molar-refractivity contribution is 7.09. The molecular formula is C32H50N6O3S. The molecule has 2 amide bonds. The van der Waals surface area contributed by atoms with E-state index >= 15 is 0 Å². The van der Waals surface area contributed by atoms with Crippen molar-refractivity contribution in [1.29, 1.82) is 0 Å². The molecule has 5 N–H and O–H groups in total. The number of nitrogens with zero attached hydrogens (tertiary/aromatic N) is 3. The molecule has 10 heteroatoms. The van der Waals surface area contributed by atoms with Crippen molar-refractivity contribution in [2.45, 2.75) is 104 Å². The second-order valence-corrected chi connectivity index (χ2v) is 12.7. The van der Waals surface area contributed by atoms with Crippen molar-refractivity contribution in [2.24, 2.45) is 28.5 Å². The van der Waals surface area contributed by atoms with E-state index in [0.29, 0.717) is 56.3 Å². The van der Waals surface area contributed by atoms with E-state index in [4.69, 9.17) is 21.3 Å². The van der Waals surface area contributed by atoms with Gasteiger partial charge in [0.05, 0.1) is 0 Å². The van der Waals surface area contributed by atoms with Crippen LogP contribution >= 0.6 is 11.3 Å². The molecule has 232 valence electrons. The van der Waals surface area contributed by atoms with Gasteiger partial charge in [-0.1, -0.05) is 65.3 Å². The molecule has 3 rings (SSSR count). The molecule has 1 heterocycles. The van der Waals surface area contributed by atoms with Gasteiger partial charge in [0.2, 0.25) is 5.91 Å². The van der Waals surface area contributed by atoms with Gasteiger partial charge < -0.3 is 26.5 Å². The Morgan fingerprint density at radius 3 is 2.60 bits per heavy atom. The van der Waals surface area contributed by atoms with Gasteiger partial charge in [0, 0.05) is 49.4 Å². The van der Waals surface area contributed by atoms with Crippen LogP contribution in [0.4, 0.5) is 0 Å². The van der Waals surface area contributed by atoms with Gasteiger partial charge in [-0.2, -0.15) is 5.10 Å². The predicted molar refractivity (Wildman–Crippen MR) is 170 cm³/mol. The molecule has 2 aromatic rings. The van der Waals surface area contributed by atoms with Crippen molar-refractivity contribution in [3.05, 3.63) is 51.5 Å². The molecule has 1 aliphatic rings. The summed E-state index contributed by atoms with van der Waals surface area (Å²) < 4.78 is 6.19. The maximum absolute atomic E-state index is 13.4. The topological polar surface area (TPSA) is 136 Å². The van der Waals surface area contributed by atoms with Crippen LogP contribution in [0.25, 0.3) is 0 Å². The Bertz CT molecular complexity index is 1200. The van der Waals surface area contributed by atoms with Crippen LogP contribution < -0.4 is 16.9 Å². The number of carbonyl (C=O) groups is 2. The fourth-order valence-electron chi connectivity index (χ4n) is 5.80. The highest BCUT2D eigenvalue weighted by atomic mass is 32.1. The average Bonchev–Trinajstić information content (AvgIpc) is 3.47. The Morgan fingerprint density at radius 1 is 1.21 bits per heavy atom. The second kappa shape index (κ2) is 16.0. The predicted octanol–water partition coefficient (Wildman–Crippen LogP) is 5.37. The number of benzene rings is 1. The zero-order chi connectivity index (χ0) is 30.8. The Kier molecular flexibility index (Phi) is 12.8. The minimum Gasteiger partial charge on any atom is -0.385 e. The van der Waals surface area contributed by atoms with Crippen LogP contribution in [-0.2, 0) is 16.0 Å². The third kappa shape index (κ3) is 8.53. The van der Waals surface area contributed by atoms with E-state index in [-0.39, 0.29) is 41.8 Å². The van der Waals surface area contributed by atoms with Gasteiger partial charge in [-0.15, -0.1) is 11.3 Å². The molecule has 0 bridgehead atoms. The molecule has 1 aromatic carbocycles. The summed E-state index contributed by atoms with van der Waals surface area (Å²) in [4.78, 5) is 33.5. The molecule has 9 nitrogen and oxygen atoms in total. The van der Waals surface area contributed by atoms with Gasteiger partial charge in [-0.25, -0.2) is 4.98 Å². The summed E-state index contributed by atoms with van der Waals surface area (Å²) in [5, 5.41) is 9.46. The van der Waals surface area contributed by atoms with Crippen LogP contribution in [0.2, 0.25) is 0 Å². The normalized spacial score (nSPS) is 19.2. The number of ether oxygens (including phenoxy) is 1.